The molecule has 5 heteroatoms. The number of rotatable bonds is 3. The summed E-state index contributed by atoms with van der Waals surface area (Å²) in [4.78, 5) is 26.4. The van der Waals surface area contributed by atoms with E-state index >= 15 is 0 Å². The van der Waals surface area contributed by atoms with Crippen molar-refractivity contribution in [2.24, 2.45) is 0 Å². The number of hydrogen-bond donors (Lipinski definition) is 2. The van der Waals surface area contributed by atoms with Crippen molar-refractivity contribution in [3.05, 3.63) is 50.5 Å². The van der Waals surface area contributed by atoms with Crippen molar-refractivity contribution in [2.45, 2.75) is 71.4 Å². The van der Waals surface area contributed by atoms with Crippen molar-refractivity contribution in [3.63, 3.8) is 0 Å². The van der Waals surface area contributed by atoms with Gasteiger partial charge in [-0.2, -0.15) is 0 Å². The maximum atomic E-state index is 12.7. The lowest BCUT2D eigenvalue weighted by atomic mass is 9.88. The van der Waals surface area contributed by atoms with Gasteiger partial charge in [0, 0.05) is 43.4 Å². The fraction of sp³-hybridized carbons (Fsp3) is 0.600. The molecule has 0 saturated heterocycles. The highest BCUT2D eigenvalue weighted by Gasteiger charge is 2.24. The molecule has 0 radical (unpaired) electrons. The first-order chi connectivity index (χ1) is 12.1. The summed E-state index contributed by atoms with van der Waals surface area (Å²) in [7, 11) is 0. The smallest absolute Gasteiger partial charge is 0.255 e. The SMILES string of the molecule is Cc1cc(C)c(CN2CCc3nc(C4CCCCC4)[nH]c(=O)c3C2)[nH]1. The summed E-state index contributed by atoms with van der Waals surface area (Å²) in [6, 6.07) is 2.18. The fourth-order valence-electron chi connectivity index (χ4n) is 4.38. The predicted molar refractivity (Wildman–Crippen MR) is 98.8 cm³/mol. The van der Waals surface area contributed by atoms with Gasteiger partial charge < -0.3 is 9.97 Å². The standard InChI is InChI=1S/C20H28N4O/c1-13-10-14(2)21-18(13)12-24-9-8-17-16(11-24)20(25)23-19(22-17)15-6-4-3-5-7-15/h10,15,21H,3-9,11-12H2,1-2H3,(H,22,23,25). The van der Waals surface area contributed by atoms with Gasteiger partial charge >= 0.3 is 0 Å². The van der Waals surface area contributed by atoms with Crippen LogP contribution in [0, 0.1) is 13.8 Å². The van der Waals surface area contributed by atoms with Crippen molar-refractivity contribution in [2.75, 3.05) is 6.54 Å². The molecule has 25 heavy (non-hydrogen) atoms. The van der Waals surface area contributed by atoms with Crippen LogP contribution in [0.15, 0.2) is 10.9 Å². The van der Waals surface area contributed by atoms with Gasteiger partial charge in [0.25, 0.3) is 5.56 Å². The second kappa shape index (κ2) is 6.79. The molecule has 3 heterocycles. The Morgan fingerprint density at radius 1 is 1.20 bits per heavy atom. The highest BCUT2D eigenvalue weighted by molar-refractivity contribution is 5.25. The first-order valence-corrected chi connectivity index (χ1v) is 9.59. The normalized spacial score (nSPS) is 19.1. The number of fused-ring (bicyclic) bond motifs is 1. The van der Waals surface area contributed by atoms with E-state index in [9.17, 15) is 4.79 Å². The number of hydrogen-bond acceptors (Lipinski definition) is 3. The third-order valence-corrected chi connectivity index (χ3v) is 5.80. The number of aromatic amines is 2. The Kier molecular flexibility index (Phi) is 4.50. The fourth-order valence-corrected chi connectivity index (χ4v) is 4.38. The van der Waals surface area contributed by atoms with Gasteiger partial charge in [0.2, 0.25) is 0 Å². The van der Waals surface area contributed by atoms with E-state index in [1.54, 1.807) is 0 Å². The Labute approximate surface area is 148 Å². The molecule has 2 N–H and O–H groups in total. The van der Waals surface area contributed by atoms with Gasteiger partial charge in [-0.3, -0.25) is 9.69 Å². The monoisotopic (exact) mass is 340 g/mol. The number of aromatic nitrogens is 3. The third kappa shape index (κ3) is 3.43. The molecule has 134 valence electrons. The Balaban J connectivity index is 1.53. The maximum Gasteiger partial charge on any atom is 0.255 e. The second-order valence-corrected chi connectivity index (χ2v) is 7.79. The molecule has 0 aromatic carbocycles. The second-order valence-electron chi connectivity index (χ2n) is 7.79. The van der Waals surface area contributed by atoms with Crippen molar-refractivity contribution in [3.8, 4) is 0 Å². The van der Waals surface area contributed by atoms with Crippen LogP contribution in [0.4, 0.5) is 0 Å². The zero-order valence-electron chi connectivity index (χ0n) is 15.3. The van der Waals surface area contributed by atoms with E-state index in [1.807, 2.05) is 0 Å². The lowest BCUT2D eigenvalue weighted by Crippen LogP contribution is -2.36. The van der Waals surface area contributed by atoms with Crippen LogP contribution in [0.1, 0.15) is 72.1 Å². The Hall–Kier alpha value is -1.88. The van der Waals surface area contributed by atoms with Crippen LogP contribution in [0.2, 0.25) is 0 Å². The van der Waals surface area contributed by atoms with E-state index in [4.69, 9.17) is 4.98 Å². The van der Waals surface area contributed by atoms with Gasteiger partial charge in [0.05, 0.1) is 11.3 Å². The zero-order chi connectivity index (χ0) is 17.4. The highest BCUT2D eigenvalue weighted by Crippen LogP contribution is 2.30. The van der Waals surface area contributed by atoms with Crippen molar-refractivity contribution < 1.29 is 0 Å². The summed E-state index contributed by atoms with van der Waals surface area (Å²) in [6.45, 7) is 6.75. The molecule has 0 bridgehead atoms. The lowest BCUT2D eigenvalue weighted by Gasteiger charge is -2.28. The van der Waals surface area contributed by atoms with E-state index in [-0.39, 0.29) is 5.56 Å². The van der Waals surface area contributed by atoms with Crippen LogP contribution in [-0.4, -0.2) is 26.4 Å². The van der Waals surface area contributed by atoms with Crippen molar-refractivity contribution in [1.29, 1.82) is 0 Å². The predicted octanol–water partition coefficient (Wildman–Crippen LogP) is 3.32. The van der Waals surface area contributed by atoms with Crippen molar-refractivity contribution in [1.82, 2.24) is 19.9 Å². The third-order valence-electron chi connectivity index (χ3n) is 5.80. The van der Waals surface area contributed by atoms with Crippen LogP contribution in [-0.2, 0) is 19.5 Å². The zero-order valence-corrected chi connectivity index (χ0v) is 15.3. The van der Waals surface area contributed by atoms with Crippen LogP contribution in [0.3, 0.4) is 0 Å². The van der Waals surface area contributed by atoms with Gasteiger partial charge in [-0.15, -0.1) is 0 Å². The van der Waals surface area contributed by atoms with E-state index in [0.29, 0.717) is 12.5 Å². The minimum Gasteiger partial charge on any atom is -0.361 e. The molecule has 0 unspecified atom stereocenters. The van der Waals surface area contributed by atoms with Crippen LogP contribution in [0.25, 0.3) is 0 Å². The van der Waals surface area contributed by atoms with E-state index in [1.165, 1.54) is 49.1 Å². The summed E-state index contributed by atoms with van der Waals surface area (Å²) in [6.07, 6.45) is 7.04. The van der Waals surface area contributed by atoms with E-state index < -0.39 is 0 Å². The minimum atomic E-state index is 0.0784. The molecule has 2 aromatic heterocycles. The molecule has 1 saturated carbocycles. The van der Waals surface area contributed by atoms with E-state index in [2.05, 4.69) is 34.8 Å². The maximum absolute atomic E-state index is 12.7. The first kappa shape index (κ1) is 16.6. The average Bonchev–Trinajstić information content (AvgIpc) is 2.93. The van der Waals surface area contributed by atoms with Crippen molar-refractivity contribution >= 4 is 0 Å². The molecule has 1 aliphatic carbocycles. The molecule has 5 nitrogen and oxygen atoms in total. The number of nitrogens with zero attached hydrogens (tertiary/aromatic N) is 2. The molecular formula is C20H28N4O. The van der Waals surface area contributed by atoms with Gasteiger partial charge in [-0.05, 0) is 38.3 Å². The average molecular weight is 340 g/mol. The topological polar surface area (TPSA) is 64.8 Å². The summed E-state index contributed by atoms with van der Waals surface area (Å²) in [5.74, 6) is 1.39. The largest absolute Gasteiger partial charge is 0.361 e. The molecular weight excluding hydrogens is 312 g/mol. The quantitative estimate of drug-likeness (QED) is 0.901. The Bertz CT molecular complexity index is 814. The Morgan fingerprint density at radius 2 is 2.00 bits per heavy atom. The van der Waals surface area contributed by atoms with E-state index in [0.717, 1.165) is 36.6 Å². The highest BCUT2D eigenvalue weighted by atomic mass is 16.1. The molecule has 0 atom stereocenters. The van der Waals surface area contributed by atoms with Gasteiger partial charge in [0.15, 0.2) is 0 Å². The van der Waals surface area contributed by atoms with Gasteiger partial charge in [0.1, 0.15) is 5.82 Å². The van der Waals surface area contributed by atoms with Crippen LogP contribution >= 0.6 is 0 Å². The lowest BCUT2D eigenvalue weighted by molar-refractivity contribution is 0.238. The molecule has 0 amide bonds. The van der Waals surface area contributed by atoms with Crippen LogP contribution in [0.5, 0.6) is 0 Å². The Morgan fingerprint density at radius 3 is 2.72 bits per heavy atom. The molecule has 0 spiro atoms. The van der Waals surface area contributed by atoms with Gasteiger partial charge in [-0.1, -0.05) is 19.3 Å². The number of aryl methyl sites for hydroxylation is 2. The van der Waals surface area contributed by atoms with Gasteiger partial charge in [-0.25, -0.2) is 4.98 Å². The summed E-state index contributed by atoms with van der Waals surface area (Å²) >= 11 is 0. The molecule has 1 fully saturated rings. The summed E-state index contributed by atoms with van der Waals surface area (Å²) < 4.78 is 0. The van der Waals surface area contributed by atoms with Crippen LogP contribution < -0.4 is 5.56 Å². The first-order valence-electron chi connectivity index (χ1n) is 9.59. The minimum absolute atomic E-state index is 0.0784. The summed E-state index contributed by atoms with van der Waals surface area (Å²) in [5.41, 5.74) is 5.72. The number of nitrogens with one attached hydrogen (secondary N) is 2. The molecule has 2 aliphatic rings. The summed E-state index contributed by atoms with van der Waals surface area (Å²) in [5, 5.41) is 0. The molecule has 4 rings (SSSR count). The molecule has 2 aromatic rings. The molecule has 1 aliphatic heterocycles. The number of H-pyrrole nitrogens is 2.